The van der Waals surface area contributed by atoms with Crippen molar-refractivity contribution < 1.29 is 19.1 Å². The number of fused-ring (bicyclic) bond motifs is 3. The molecule has 0 unspecified atom stereocenters. The summed E-state index contributed by atoms with van der Waals surface area (Å²) in [6.07, 6.45) is 8.26. The molecule has 0 spiro atoms. The number of aromatic amines is 1. The van der Waals surface area contributed by atoms with Crippen LogP contribution in [0.5, 0.6) is 0 Å². The van der Waals surface area contributed by atoms with Gasteiger partial charge in [-0.3, -0.25) is 9.59 Å². The first-order chi connectivity index (χ1) is 24.4. The fraction of sp³-hybridized carbons (Fsp3) is 0.486. The Labute approximate surface area is 300 Å². The molecule has 7 N–H and O–H groups in total. The summed E-state index contributed by atoms with van der Waals surface area (Å²) in [7, 11) is 4.99. The highest BCUT2D eigenvalue weighted by molar-refractivity contribution is 7.99. The molecule has 1 fully saturated rings. The number of nitrogens with one attached hydrogen (secondary N) is 3. The second-order valence-electron chi connectivity index (χ2n) is 11.6. The van der Waals surface area contributed by atoms with Crippen molar-refractivity contribution in [2.24, 2.45) is 11.5 Å². The van der Waals surface area contributed by atoms with Gasteiger partial charge in [0.2, 0.25) is 12.3 Å². The Hall–Kier alpha value is -4.20. The van der Waals surface area contributed by atoms with Crippen LogP contribution in [0.3, 0.4) is 0 Å². The van der Waals surface area contributed by atoms with Gasteiger partial charge >= 0.3 is 5.97 Å². The van der Waals surface area contributed by atoms with E-state index >= 15 is 0 Å². The number of rotatable bonds is 15. The number of thioether (sulfide) groups is 1. The second kappa shape index (κ2) is 24.9. The molecular weight excluding hydrogens is 653 g/mol. The third-order valence-electron chi connectivity index (χ3n) is 7.76. The number of carbonyl (C=O) groups is 3. The molecule has 1 saturated heterocycles. The summed E-state index contributed by atoms with van der Waals surface area (Å²) in [5.74, 6) is 4.11. The molecule has 0 bridgehead atoms. The smallest absolute Gasteiger partial charge is 0.337 e. The number of methoxy groups -OCH3 is 1. The van der Waals surface area contributed by atoms with Crippen molar-refractivity contribution in [2.45, 2.75) is 58.3 Å². The van der Waals surface area contributed by atoms with E-state index in [1.54, 1.807) is 12.1 Å². The van der Waals surface area contributed by atoms with Crippen molar-refractivity contribution in [3.05, 3.63) is 65.5 Å². The number of primary amides is 1. The van der Waals surface area contributed by atoms with Crippen molar-refractivity contribution in [3.8, 4) is 0 Å². The van der Waals surface area contributed by atoms with Crippen LogP contribution in [0.4, 0.5) is 5.82 Å². The van der Waals surface area contributed by atoms with Crippen molar-refractivity contribution in [1.82, 2.24) is 25.2 Å². The zero-order valence-corrected chi connectivity index (χ0v) is 30.9. The van der Waals surface area contributed by atoms with E-state index in [-0.39, 0.29) is 18.3 Å². The van der Waals surface area contributed by atoms with Gasteiger partial charge in [-0.2, -0.15) is 11.8 Å². The fourth-order valence-electron chi connectivity index (χ4n) is 5.26. The zero-order chi connectivity index (χ0) is 36.6. The number of H-pyrrole nitrogens is 1. The summed E-state index contributed by atoms with van der Waals surface area (Å²) >= 11 is 2.07. The topological polar surface area (TPSA) is 181 Å². The number of esters is 1. The highest BCUT2D eigenvalue weighted by atomic mass is 32.2. The Morgan fingerprint density at radius 3 is 2.32 bits per heavy atom. The van der Waals surface area contributed by atoms with E-state index < -0.39 is 0 Å². The Morgan fingerprint density at radius 1 is 1.02 bits per heavy atom. The zero-order valence-electron chi connectivity index (χ0n) is 30.1. The lowest BCUT2D eigenvalue weighted by Crippen LogP contribution is -2.29. The summed E-state index contributed by atoms with van der Waals surface area (Å²) in [4.78, 5) is 47.8. The van der Waals surface area contributed by atoms with Crippen LogP contribution in [-0.4, -0.2) is 97.0 Å². The number of ether oxygens (including phenoxy) is 1. The van der Waals surface area contributed by atoms with Gasteiger partial charge in [0, 0.05) is 36.8 Å². The number of unbranched alkanes of at least 4 members (excludes halogenated alkanes) is 1. The summed E-state index contributed by atoms with van der Waals surface area (Å²) in [6, 6.07) is 15.7. The third-order valence-corrected chi connectivity index (χ3v) is 8.91. The lowest BCUT2D eigenvalue weighted by molar-refractivity contribution is -0.121. The summed E-state index contributed by atoms with van der Waals surface area (Å²) in [5, 5.41) is 8.42. The predicted octanol–water partition coefficient (Wildman–Crippen LogP) is 5.11. The molecule has 0 aliphatic carbocycles. The van der Waals surface area contributed by atoms with Crippen LogP contribution in [0.15, 0.2) is 48.5 Å². The Kier molecular flexibility index (Phi) is 20.9. The van der Waals surface area contributed by atoms with E-state index in [1.165, 1.54) is 38.5 Å². The first-order valence-electron chi connectivity index (χ1n) is 17.3. The van der Waals surface area contributed by atoms with Crippen molar-refractivity contribution >= 4 is 57.8 Å². The molecular formula is C37H56N8O4S. The van der Waals surface area contributed by atoms with E-state index in [0.29, 0.717) is 24.9 Å². The maximum Gasteiger partial charge on any atom is 0.337 e. The molecule has 0 saturated carbocycles. The number of hydrogen-bond donors (Lipinski definition) is 5. The lowest BCUT2D eigenvalue weighted by atomic mass is 10.1. The summed E-state index contributed by atoms with van der Waals surface area (Å²) in [5.41, 5.74) is 11.8. The minimum absolute atomic E-state index is 0.148. The van der Waals surface area contributed by atoms with Gasteiger partial charge in [0.25, 0.3) is 0 Å². The molecule has 3 heterocycles. The average molecular weight is 709 g/mol. The minimum Gasteiger partial charge on any atom is -0.465 e. The van der Waals surface area contributed by atoms with Gasteiger partial charge in [-0.1, -0.05) is 49.7 Å². The molecule has 12 nitrogen and oxygen atoms in total. The number of nitrogens with two attached hydrogens (primary N) is 2. The highest BCUT2D eigenvalue weighted by Crippen LogP contribution is 2.31. The van der Waals surface area contributed by atoms with E-state index in [0.717, 1.165) is 84.5 Å². The predicted molar refractivity (Wildman–Crippen MR) is 207 cm³/mol. The van der Waals surface area contributed by atoms with E-state index in [1.807, 2.05) is 24.3 Å². The van der Waals surface area contributed by atoms with Gasteiger partial charge in [0.1, 0.15) is 17.3 Å². The molecule has 2 amide bonds. The Balaban J connectivity index is 0.000000761. The number of hydrogen-bond acceptors (Lipinski definition) is 10. The van der Waals surface area contributed by atoms with Crippen LogP contribution in [0, 0.1) is 0 Å². The standard InChI is InChI=1S/C31H40N6O3.C4H8S.CH3NO.CH5N/c1-4-5-13-27(38)32-16-9-18-37(2)19-10-17-33-29-28-24-15-14-23(31(39)40-3)21-25(24)34-30(28)36-26(35-29)20-22-11-7-6-8-12-22;1-2-4-5-3-1;2-1-3;1-2/h6-8,11-12,14-15,21H,4-5,9-10,13,16-20H2,1-3H3,(H,32,38)(H2,33,34,35,36);1-4H2;1H,(H2,2,3);2H2,1H3. The normalized spacial score (nSPS) is 11.8. The lowest BCUT2D eigenvalue weighted by Gasteiger charge is -2.17. The summed E-state index contributed by atoms with van der Waals surface area (Å²) < 4.78 is 4.89. The quantitative estimate of drug-likeness (QED) is 0.0633. The maximum absolute atomic E-state index is 12.1. The van der Waals surface area contributed by atoms with Gasteiger partial charge in [-0.05, 0) is 88.5 Å². The van der Waals surface area contributed by atoms with E-state index in [2.05, 4.69) is 69.9 Å². The highest BCUT2D eigenvalue weighted by Gasteiger charge is 2.16. The number of carbonyl (C=O) groups excluding carboxylic acids is 3. The van der Waals surface area contributed by atoms with Crippen LogP contribution in [0.2, 0.25) is 0 Å². The van der Waals surface area contributed by atoms with Crippen molar-refractivity contribution in [3.63, 3.8) is 0 Å². The fourth-order valence-corrected chi connectivity index (χ4v) is 6.28. The number of amides is 2. The second-order valence-corrected chi connectivity index (χ2v) is 12.8. The van der Waals surface area contributed by atoms with Crippen LogP contribution >= 0.6 is 11.8 Å². The monoisotopic (exact) mass is 708 g/mol. The Morgan fingerprint density at radius 2 is 1.70 bits per heavy atom. The SMILES string of the molecule is C1CCSC1.CCCCC(=O)NCCCN(C)CCCNc1nc(Cc2ccccc2)nc2[nH]c3cc(C(=O)OC)ccc3c12.CN.NC=O. The molecule has 1 aliphatic rings. The van der Waals surface area contributed by atoms with E-state index in [9.17, 15) is 9.59 Å². The molecule has 0 atom stereocenters. The molecule has 274 valence electrons. The largest absolute Gasteiger partial charge is 0.465 e. The van der Waals surface area contributed by atoms with Gasteiger partial charge < -0.3 is 36.7 Å². The molecule has 2 aromatic heterocycles. The molecule has 2 aromatic carbocycles. The Bertz CT molecular complexity index is 1560. The van der Waals surface area contributed by atoms with Gasteiger partial charge in [0.15, 0.2) is 0 Å². The van der Waals surface area contributed by atoms with Crippen LogP contribution in [0.25, 0.3) is 21.9 Å². The first kappa shape index (κ1) is 42.0. The first-order valence-corrected chi connectivity index (χ1v) is 18.5. The molecule has 50 heavy (non-hydrogen) atoms. The molecule has 4 aromatic rings. The van der Waals surface area contributed by atoms with Crippen LogP contribution in [0.1, 0.15) is 73.6 Å². The number of nitrogens with zero attached hydrogens (tertiary/aromatic N) is 3. The molecule has 0 radical (unpaired) electrons. The number of benzene rings is 2. The molecule has 13 heteroatoms. The van der Waals surface area contributed by atoms with Crippen molar-refractivity contribution in [1.29, 1.82) is 0 Å². The average Bonchev–Trinajstić information content (AvgIpc) is 3.84. The van der Waals surface area contributed by atoms with E-state index in [4.69, 9.17) is 19.5 Å². The van der Waals surface area contributed by atoms with Crippen LogP contribution in [-0.2, 0) is 20.7 Å². The number of aromatic nitrogens is 3. The van der Waals surface area contributed by atoms with Gasteiger partial charge in [-0.15, -0.1) is 0 Å². The molecule has 5 rings (SSSR count). The third kappa shape index (κ3) is 14.7. The van der Waals surface area contributed by atoms with Gasteiger partial charge in [0.05, 0.1) is 18.1 Å². The summed E-state index contributed by atoms with van der Waals surface area (Å²) in [6.45, 7) is 5.42. The van der Waals surface area contributed by atoms with Crippen LogP contribution < -0.4 is 22.1 Å². The minimum atomic E-state index is -0.377. The maximum atomic E-state index is 12.1. The molecule has 1 aliphatic heterocycles. The number of anilines is 1. The van der Waals surface area contributed by atoms with Gasteiger partial charge in [-0.25, -0.2) is 14.8 Å². The van der Waals surface area contributed by atoms with Crippen molar-refractivity contribution in [2.75, 3.05) is 64.2 Å².